The van der Waals surface area contributed by atoms with Crippen molar-refractivity contribution in [2.75, 3.05) is 0 Å². The van der Waals surface area contributed by atoms with Gasteiger partial charge in [-0.25, -0.2) is 0 Å². The largest absolute Gasteiger partial charge is 0.364 e. The maximum absolute atomic E-state index is 6.00. The van der Waals surface area contributed by atoms with Gasteiger partial charge in [0.15, 0.2) is 0 Å². The Hall–Kier alpha value is -1.28. The van der Waals surface area contributed by atoms with Gasteiger partial charge >= 0.3 is 0 Å². The summed E-state index contributed by atoms with van der Waals surface area (Å²) < 4.78 is 0. The van der Waals surface area contributed by atoms with E-state index in [1.165, 1.54) is 16.5 Å². The molecular weight excluding hydrogens is 172 g/mol. The maximum Gasteiger partial charge on any atom is 0.0245 e. The summed E-state index contributed by atoms with van der Waals surface area (Å²) >= 11 is 0. The molecule has 0 atom stereocenters. The fourth-order valence-corrected chi connectivity index (χ4v) is 1.74. The summed E-state index contributed by atoms with van der Waals surface area (Å²) in [5.74, 6) is 0. The van der Waals surface area contributed by atoms with Crippen molar-refractivity contribution >= 4 is 10.8 Å². The van der Waals surface area contributed by atoms with Crippen molar-refractivity contribution in [3.8, 4) is 0 Å². The molecule has 1 aromatic heterocycles. The molecule has 0 fully saturated rings. The van der Waals surface area contributed by atoms with Crippen molar-refractivity contribution in [2.24, 2.45) is 5.73 Å². The van der Waals surface area contributed by atoms with Crippen LogP contribution in [-0.4, -0.2) is 10.5 Å². The smallest absolute Gasteiger partial charge is 0.0245 e. The van der Waals surface area contributed by atoms with E-state index in [-0.39, 0.29) is 5.54 Å². The molecule has 0 unspecified atom stereocenters. The van der Waals surface area contributed by atoms with Gasteiger partial charge in [-0.1, -0.05) is 24.3 Å². The Morgan fingerprint density at radius 1 is 1.29 bits per heavy atom. The lowest BCUT2D eigenvalue weighted by atomic mass is 9.98. The molecule has 1 aromatic carbocycles. The minimum Gasteiger partial charge on any atom is -0.364 e. The third kappa shape index (κ3) is 1.80. The number of rotatable bonds is 2. The molecule has 2 rings (SSSR count). The number of H-pyrrole nitrogens is 1. The molecule has 0 spiro atoms. The minimum absolute atomic E-state index is 0.159. The number of benzene rings is 1. The molecule has 14 heavy (non-hydrogen) atoms. The second-order valence-corrected chi connectivity index (χ2v) is 4.52. The van der Waals surface area contributed by atoms with E-state index >= 15 is 0 Å². The predicted octanol–water partition coefficient (Wildman–Crippen LogP) is 2.45. The van der Waals surface area contributed by atoms with E-state index in [0.29, 0.717) is 0 Å². The number of nitrogens with one attached hydrogen (secondary N) is 1. The van der Waals surface area contributed by atoms with Crippen molar-refractivity contribution in [1.82, 2.24) is 4.98 Å². The summed E-state index contributed by atoms with van der Waals surface area (Å²) in [4.78, 5) is 3.29. The molecule has 2 aromatic rings. The van der Waals surface area contributed by atoms with E-state index in [9.17, 15) is 0 Å². The lowest BCUT2D eigenvalue weighted by Gasteiger charge is -2.17. The Labute approximate surface area is 84.1 Å². The van der Waals surface area contributed by atoms with E-state index in [2.05, 4.69) is 23.2 Å². The van der Waals surface area contributed by atoms with Gasteiger partial charge in [-0.3, -0.25) is 0 Å². The molecule has 1 heterocycles. The Morgan fingerprint density at radius 3 is 2.71 bits per heavy atom. The summed E-state index contributed by atoms with van der Waals surface area (Å²) in [6.45, 7) is 4.09. The summed E-state index contributed by atoms with van der Waals surface area (Å²) in [7, 11) is 0. The topological polar surface area (TPSA) is 41.8 Å². The van der Waals surface area contributed by atoms with Crippen molar-refractivity contribution in [2.45, 2.75) is 25.8 Å². The quantitative estimate of drug-likeness (QED) is 0.746. The van der Waals surface area contributed by atoms with E-state index in [1.807, 2.05) is 26.1 Å². The average Bonchev–Trinajstić information content (AvgIpc) is 2.47. The van der Waals surface area contributed by atoms with Crippen LogP contribution in [0.4, 0.5) is 0 Å². The minimum atomic E-state index is -0.159. The zero-order valence-corrected chi connectivity index (χ0v) is 8.67. The van der Waals surface area contributed by atoms with E-state index in [4.69, 9.17) is 5.73 Å². The monoisotopic (exact) mass is 188 g/mol. The fourth-order valence-electron chi connectivity index (χ4n) is 1.74. The van der Waals surface area contributed by atoms with Gasteiger partial charge in [0.2, 0.25) is 0 Å². The Kier molecular flexibility index (Phi) is 2.08. The van der Waals surface area contributed by atoms with Crippen LogP contribution in [0.15, 0.2) is 30.5 Å². The molecule has 3 N–H and O–H groups in total. The van der Waals surface area contributed by atoms with Gasteiger partial charge in [0, 0.05) is 29.2 Å². The Morgan fingerprint density at radius 2 is 2.00 bits per heavy atom. The van der Waals surface area contributed by atoms with Crippen LogP contribution < -0.4 is 5.73 Å². The molecule has 2 nitrogen and oxygen atoms in total. The molecular formula is C12H16N2. The number of aromatic nitrogens is 1. The summed E-state index contributed by atoms with van der Waals surface area (Å²) in [6.07, 6.45) is 2.91. The van der Waals surface area contributed by atoms with Gasteiger partial charge in [-0.05, 0) is 19.2 Å². The molecule has 0 aliphatic heterocycles. The average molecular weight is 188 g/mol. The number of nitrogens with two attached hydrogens (primary N) is 1. The Bertz CT molecular complexity index is 435. The number of fused-ring (bicyclic) bond motifs is 1. The lowest BCUT2D eigenvalue weighted by molar-refractivity contribution is 0.513. The highest BCUT2D eigenvalue weighted by molar-refractivity contribution is 5.85. The van der Waals surface area contributed by atoms with Crippen LogP contribution in [0.1, 0.15) is 19.5 Å². The standard InChI is InChI=1S/C12H16N2/c1-12(2,13)7-11-10-6-4-3-5-9(10)8-14-11/h3-6,8,14H,7,13H2,1-2H3. The molecule has 0 saturated carbocycles. The second-order valence-electron chi connectivity index (χ2n) is 4.52. The highest BCUT2D eigenvalue weighted by Gasteiger charge is 2.14. The molecule has 0 bridgehead atoms. The first-order valence-electron chi connectivity index (χ1n) is 4.90. The van der Waals surface area contributed by atoms with Crippen LogP contribution >= 0.6 is 0 Å². The van der Waals surface area contributed by atoms with E-state index in [0.717, 1.165) is 6.42 Å². The third-order valence-electron chi connectivity index (χ3n) is 2.32. The molecule has 0 aliphatic rings. The predicted molar refractivity (Wildman–Crippen MR) is 60.3 cm³/mol. The Balaban J connectivity index is 2.44. The number of hydrogen-bond donors (Lipinski definition) is 2. The fraction of sp³-hybridized carbons (Fsp3) is 0.333. The van der Waals surface area contributed by atoms with Gasteiger partial charge < -0.3 is 10.7 Å². The zero-order valence-electron chi connectivity index (χ0n) is 8.67. The first-order valence-corrected chi connectivity index (χ1v) is 4.90. The first-order chi connectivity index (χ1) is 6.56. The molecule has 2 heteroatoms. The second kappa shape index (κ2) is 3.14. The van der Waals surface area contributed by atoms with Gasteiger partial charge in [-0.15, -0.1) is 0 Å². The SMILES string of the molecule is CC(C)(N)Cc1[nH]cc2ccccc12. The van der Waals surface area contributed by atoms with Crippen molar-refractivity contribution in [3.63, 3.8) is 0 Å². The molecule has 0 saturated heterocycles. The van der Waals surface area contributed by atoms with E-state index in [1.54, 1.807) is 0 Å². The molecule has 0 aliphatic carbocycles. The van der Waals surface area contributed by atoms with Crippen LogP contribution in [0.3, 0.4) is 0 Å². The van der Waals surface area contributed by atoms with Crippen LogP contribution in [0.25, 0.3) is 10.8 Å². The molecule has 0 amide bonds. The van der Waals surface area contributed by atoms with Crippen molar-refractivity contribution in [1.29, 1.82) is 0 Å². The van der Waals surface area contributed by atoms with Crippen molar-refractivity contribution < 1.29 is 0 Å². The summed E-state index contributed by atoms with van der Waals surface area (Å²) in [5, 5.41) is 2.54. The highest BCUT2D eigenvalue weighted by Crippen LogP contribution is 2.20. The van der Waals surface area contributed by atoms with Crippen LogP contribution in [0.2, 0.25) is 0 Å². The van der Waals surface area contributed by atoms with Gasteiger partial charge in [0.05, 0.1) is 0 Å². The van der Waals surface area contributed by atoms with Gasteiger partial charge in [0.1, 0.15) is 0 Å². The van der Waals surface area contributed by atoms with Gasteiger partial charge in [0.25, 0.3) is 0 Å². The van der Waals surface area contributed by atoms with E-state index < -0.39 is 0 Å². The zero-order chi connectivity index (χ0) is 10.2. The summed E-state index contributed by atoms with van der Waals surface area (Å²) in [6, 6.07) is 8.35. The van der Waals surface area contributed by atoms with Crippen LogP contribution in [0.5, 0.6) is 0 Å². The first kappa shape index (κ1) is 9.28. The summed E-state index contributed by atoms with van der Waals surface area (Å²) in [5.41, 5.74) is 7.07. The lowest BCUT2D eigenvalue weighted by Crippen LogP contribution is -2.34. The van der Waals surface area contributed by atoms with Crippen molar-refractivity contribution in [3.05, 3.63) is 36.2 Å². The number of hydrogen-bond acceptors (Lipinski definition) is 1. The maximum atomic E-state index is 6.00. The normalized spacial score (nSPS) is 12.2. The highest BCUT2D eigenvalue weighted by atomic mass is 14.7. The number of aromatic amines is 1. The third-order valence-corrected chi connectivity index (χ3v) is 2.32. The molecule has 74 valence electrons. The van der Waals surface area contributed by atoms with Gasteiger partial charge in [-0.2, -0.15) is 0 Å². The van der Waals surface area contributed by atoms with Crippen LogP contribution in [-0.2, 0) is 6.42 Å². The molecule has 0 radical (unpaired) electrons. The van der Waals surface area contributed by atoms with Crippen LogP contribution in [0, 0.1) is 0 Å².